The van der Waals surface area contributed by atoms with Gasteiger partial charge in [0.1, 0.15) is 0 Å². The SMILES string of the molecule is COc1cc(CNC(=O)CCCC/C=C/[C@@H](C)CO)ccc1O. The molecule has 5 heteroatoms. The van der Waals surface area contributed by atoms with Crippen molar-refractivity contribution in [2.24, 2.45) is 5.92 Å². The van der Waals surface area contributed by atoms with Gasteiger partial charge in [0.2, 0.25) is 5.91 Å². The van der Waals surface area contributed by atoms with Crippen molar-refractivity contribution in [3.05, 3.63) is 35.9 Å². The minimum Gasteiger partial charge on any atom is -0.504 e. The molecule has 1 atom stereocenters. The summed E-state index contributed by atoms with van der Waals surface area (Å²) in [4.78, 5) is 11.8. The number of unbranched alkanes of at least 4 members (excludes halogenated alkanes) is 2. The van der Waals surface area contributed by atoms with Gasteiger partial charge >= 0.3 is 0 Å². The van der Waals surface area contributed by atoms with Gasteiger partial charge < -0.3 is 20.3 Å². The average Bonchev–Trinajstić information content (AvgIpc) is 2.56. The zero-order chi connectivity index (χ0) is 17.1. The van der Waals surface area contributed by atoms with Gasteiger partial charge in [0.25, 0.3) is 0 Å². The molecular formula is C18H27NO4. The van der Waals surface area contributed by atoms with Crippen LogP contribution >= 0.6 is 0 Å². The molecule has 0 aliphatic carbocycles. The highest BCUT2D eigenvalue weighted by molar-refractivity contribution is 5.75. The van der Waals surface area contributed by atoms with Gasteiger partial charge in [0.05, 0.1) is 7.11 Å². The van der Waals surface area contributed by atoms with Gasteiger partial charge in [0.15, 0.2) is 11.5 Å². The van der Waals surface area contributed by atoms with E-state index < -0.39 is 0 Å². The van der Waals surface area contributed by atoms with E-state index in [1.807, 2.05) is 13.0 Å². The van der Waals surface area contributed by atoms with Crippen LogP contribution in [0, 0.1) is 5.92 Å². The van der Waals surface area contributed by atoms with Crippen LogP contribution in [-0.4, -0.2) is 29.8 Å². The molecule has 23 heavy (non-hydrogen) atoms. The fourth-order valence-corrected chi connectivity index (χ4v) is 2.06. The minimum absolute atomic E-state index is 0.0183. The number of benzene rings is 1. The van der Waals surface area contributed by atoms with Gasteiger partial charge in [-0.2, -0.15) is 0 Å². The van der Waals surface area contributed by atoms with E-state index in [-0.39, 0.29) is 24.2 Å². The molecule has 0 saturated heterocycles. The predicted octanol–water partition coefficient (Wildman–Crippen LogP) is 2.76. The first-order valence-electron chi connectivity index (χ1n) is 7.97. The lowest BCUT2D eigenvalue weighted by Crippen LogP contribution is -2.22. The Labute approximate surface area is 138 Å². The number of ether oxygens (including phenoxy) is 1. The van der Waals surface area contributed by atoms with Gasteiger partial charge in [-0.15, -0.1) is 0 Å². The van der Waals surface area contributed by atoms with E-state index in [1.54, 1.807) is 18.2 Å². The number of phenolic OH excluding ortho intramolecular Hbond substituents is 1. The Morgan fingerprint density at radius 2 is 2.17 bits per heavy atom. The molecule has 5 nitrogen and oxygen atoms in total. The minimum atomic E-state index is 0.0183. The molecule has 0 fully saturated rings. The summed E-state index contributed by atoms with van der Waals surface area (Å²) in [7, 11) is 1.49. The normalized spacial score (nSPS) is 12.3. The summed E-state index contributed by atoms with van der Waals surface area (Å²) < 4.78 is 5.03. The van der Waals surface area contributed by atoms with Gasteiger partial charge in [0, 0.05) is 19.6 Å². The van der Waals surface area contributed by atoms with E-state index in [2.05, 4.69) is 11.4 Å². The molecule has 0 bridgehead atoms. The zero-order valence-electron chi connectivity index (χ0n) is 13.9. The van der Waals surface area contributed by atoms with Crippen molar-refractivity contribution in [3.63, 3.8) is 0 Å². The van der Waals surface area contributed by atoms with E-state index in [0.717, 1.165) is 24.8 Å². The number of carbonyl (C=O) groups is 1. The van der Waals surface area contributed by atoms with E-state index in [9.17, 15) is 9.90 Å². The first-order valence-corrected chi connectivity index (χ1v) is 7.97. The molecule has 0 radical (unpaired) electrons. The number of aliphatic hydroxyl groups excluding tert-OH is 1. The molecule has 128 valence electrons. The molecule has 1 amide bonds. The lowest BCUT2D eigenvalue weighted by atomic mass is 10.1. The quantitative estimate of drug-likeness (QED) is 0.457. The number of phenols is 1. The molecule has 0 heterocycles. The molecule has 0 aromatic heterocycles. The fraction of sp³-hybridized carbons (Fsp3) is 0.500. The summed E-state index contributed by atoms with van der Waals surface area (Å²) in [6, 6.07) is 5.02. The van der Waals surface area contributed by atoms with Crippen LogP contribution in [0.15, 0.2) is 30.4 Å². The van der Waals surface area contributed by atoms with Crippen LogP contribution in [0.5, 0.6) is 11.5 Å². The standard InChI is InChI=1S/C18H27NO4/c1-14(13-20)7-5-3-4-6-8-18(22)19-12-15-9-10-16(21)17(11-15)23-2/h5,7,9-11,14,20-21H,3-4,6,8,12-13H2,1-2H3,(H,19,22)/b7-5+/t14-/m1/s1. The van der Waals surface area contributed by atoms with Gasteiger partial charge in [-0.05, 0) is 42.9 Å². The third kappa shape index (κ3) is 7.70. The number of rotatable bonds is 10. The maximum atomic E-state index is 11.8. The van der Waals surface area contributed by atoms with Crippen LogP contribution in [0.2, 0.25) is 0 Å². The number of aromatic hydroxyl groups is 1. The smallest absolute Gasteiger partial charge is 0.220 e. The topological polar surface area (TPSA) is 78.8 Å². The monoisotopic (exact) mass is 321 g/mol. The summed E-state index contributed by atoms with van der Waals surface area (Å²) in [5.41, 5.74) is 0.883. The Balaban J connectivity index is 2.21. The van der Waals surface area contributed by atoms with Crippen molar-refractivity contribution in [1.29, 1.82) is 0 Å². The summed E-state index contributed by atoms with van der Waals surface area (Å²) in [6.07, 6.45) is 7.27. The van der Waals surface area contributed by atoms with Crippen LogP contribution in [0.25, 0.3) is 0 Å². The van der Waals surface area contributed by atoms with Crippen LogP contribution in [0.4, 0.5) is 0 Å². The Kier molecular flexibility index (Phi) is 8.83. The highest BCUT2D eigenvalue weighted by Gasteiger charge is 2.05. The number of aliphatic hydroxyl groups is 1. The predicted molar refractivity (Wildman–Crippen MR) is 90.4 cm³/mol. The molecule has 1 rings (SSSR count). The zero-order valence-corrected chi connectivity index (χ0v) is 13.9. The lowest BCUT2D eigenvalue weighted by molar-refractivity contribution is -0.121. The molecule has 1 aromatic rings. The third-order valence-electron chi connectivity index (χ3n) is 3.51. The van der Waals surface area contributed by atoms with Crippen LogP contribution in [0.3, 0.4) is 0 Å². The first-order chi connectivity index (χ1) is 11.1. The van der Waals surface area contributed by atoms with Crippen molar-refractivity contribution in [3.8, 4) is 11.5 Å². The van der Waals surface area contributed by atoms with Crippen molar-refractivity contribution in [2.45, 2.75) is 39.2 Å². The maximum absolute atomic E-state index is 11.8. The Bertz CT molecular complexity index is 514. The second-order valence-electron chi connectivity index (χ2n) is 5.62. The number of nitrogens with one attached hydrogen (secondary N) is 1. The molecule has 0 unspecified atom stereocenters. The molecule has 0 spiro atoms. The maximum Gasteiger partial charge on any atom is 0.220 e. The van der Waals surface area contributed by atoms with E-state index in [4.69, 9.17) is 9.84 Å². The summed E-state index contributed by atoms with van der Waals surface area (Å²) in [5.74, 6) is 0.706. The number of methoxy groups -OCH3 is 1. The molecular weight excluding hydrogens is 294 g/mol. The summed E-state index contributed by atoms with van der Waals surface area (Å²) in [6.45, 7) is 2.55. The number of hydrogen-bond acceptors (Lipinski definition) is 4. The van der Waals surface area contributed by atoms with Gasteiger partial charge in [-0.1, -0.05) is 25.1 Å². The molecule has 1 aromatic carbocycles. The van der Waals surface area contributed by atoms with E-state index >= 15 is 0 Å². The summed E-state index contributed by atoms with van der Waals surface area (Å²) in [5, 5.41) is 21.3. The largest absolute Gasteiger partial charge is 0.504 e. The molecule has 0 aliphatic rings. The molecule has 3 N–H and O–H groups in total. The lowest BCUT2D eigenvalue weighted by Gasteiger charge is -2.08. The highest BCUT2D eigenvalue weighted by atomic mass is 16.5. The number of carbonyl (C=O) groups excluding carboxylic acids is 1. The first kappa shape index (κ1) is 19.0. The van der Waals surface area contributed by atoms with Crippen molar-refractivity contribution >= 4 is 5.91 Å². The average molecular weight is 321 g/mol. The van der Waals surface area contributed by atoms with E-state index in [1.165, 1.54) is 7.11 Å². The summed E-state index contributed by atoms with van der Waals surface area (Å²) >= 11 is 0. The molecule has 0 saturated carbocycles. The van der Waals surface area contributed by atoms with Gasteiger partial charge in [-0.25, -0.2) is 0 Å². The number of amides is 1. The van der Waals surface area contributed by atoms with Crippen molar-refractivity contribution < 1.29 is 19.7 Å². The third-order valence-corrected chi connectivity index (χ3v) is 3.51. The number of hydrogen-bond donors (Lipinski definition) is 3. The van der Waals surface area contributed by atoms with Crippen LogP contribution in [-0.2, 0) is 11.3 Å². The van der Waals surface area contributed by atoms with Crippen LogP contribution < -0.4 is 10.1 Å². The Morgan fingerprint density at radius 3 is 2.87 bits per heavy atom. The molecule has 0 aliphatic heterocycles. The Hall–Kier alpha value is -2.01. The Morgan fingerprint density at radius 1 is 1.39 bits per heavy atom. The van der Waals surface area contributed by atoms with Crippen molar-refractivity contribution in [1.82, 2.24) is 5.32 Å². The van der Waals surface area contributed by atoms with Crippen LogP contribution in [0.1, 0.15) is 38.2 Å². The number of allylic oxidation sites excluding steroid dienone is 1. The second-order valence-corrected chi connectivity index (χ2v) is 5.62. The van der Waals surface area contributed by atoms with Crippen molar-refractivity contribution in [2.75, 3.05) is 13.7 Å². The second kappa shape index (κ2) is 10.7. The fourth-order valence-electron chi connectivity index (χ4n) is 2.06. The van der Waals surface area contributed by atoms with Gasteiger partial charge in [-0.3, -0.25) is 4.79 Å². The van der Waals surface area contributed by atoms with E-state index in [0.29, 0.717) is 18.7 Å². The highest BCUT2D eigenvalue weighted by Crippen LogP contribution is 2.26.